The average Bonchev–Trinajstić information content (AvgIpc) is 2.92. The minimum Gasteiger partial charge on any atom is -0.493 e. The second-order valence-corrected chi connectivity index (χ2v) is 5.48. The van der Waals surface area contributed by atoms with Crippen molar-refractivity contribution in [1.29, 1.82) is 0 Å². The van der Waals surface area contributed by atoms with Crippen molar-refractivity contribution in [2.45, 2.75) is 6.54 Å². The second-order valence-electron chi connectivity index (χ2n) is 5.48. The number of rotatable bonds is 5. The molecule has 25 heavy (non-hydrogen) atoms. The number of aromatic nitrogens is 1. The van der Waals surface area contributed by atoms with Crippen LogP contribution in [-0.4, -0.2) is 24.7 Å². The van der Waals surface area contributed by atoms with E-state index in [-0.39, 0.29) is 5.91 Å². The van der Waals surface area contributed by atoms with E-state index in [4.69, 9.17) is 13.9 Å². The molecule has 7 heteroatoms. The van der Waals surface area contributed by atoms with Crippen molar-refractivity contribution in [1.82, 2.24) is 9.88 Å². The molecule has 2 aromatic carbocycles. The van der Waals surface area contributed by atoms with Crippen LogP contribution >= 0.6 is 0 Å². The predicted molar refractivity (Wildman–Crippen MR) is 92.2 cm³/mol. The van der Waals surface area contributed by atoms with Crippen LogP contribution in [0.3, 0.4) is 0 Å². The highest BCUT2D eigenvalue weighted by atomic mass is 16.5. The van der Waals surface area contributed by atoms with E-state index >= 15 is 0 Å². The Morgan fingerprint density at radius 3 is 2.60 bits per heavy atom. The van der Waals surface area contributed by atoms with Gasteiger partial charge >= 0.3 is 5.76 Å². The number of carbonyl (C=O) groups is 1. The molecule has 3 rings (SSSR count). The molecule has 0 atom stereocenters. The monoisotopic (exact) mass is 342 g/mol. The van der Waals surface area contributed by atoms with Crippen LogP contribution in [0.5, 0.6) is 11.5 Å². The SMILES string of the molecule is COc1ccc(CNC(=O)c2ccc3c(c2)oc(=O)n3C)cc1OC. The Balaban J connectivity index is 1.75. The van der Waals surface area contributed by atoms with Gasteiger partial charge in [0, 0.05) is 19.2 Å². The Hall–Kier alpha value is -3.22. The Kier molecular flexibility index (Phi) is 4.47. The maximum Gasteiger partial charge on any atom is 0.419 e. The normalized spacial score (nSPS) is 10.7. The van der Waals surface area contributed by atoms with E-state index in [1.165, 1.54) is 4.57 Å². The van der Waals surface area contributed by atoms with Gasteiger partial charge in [0.15, 0.2) is 17.1 Å². The fourth-order valence-electron chi connectivity index (χ4n) is 2.55. The number of nitrogens with one attached hydrogen (secondary N) is 1. The maximum atomic E-state index is 12.3. The van der Waals surface area contributed by atoms with Crippen molar-refractivity contribution in [2.24, 2.45) is 7.05 Å². The number of benzene rings is 2. The van der Waals surface area contributed by atoms with Crippen LogP contribution in [0.1, 0.15) is 15.9 Å². The zero-order valence-corrected chi connectivity index (χ0v) is 14.2. The fourth-order valence-corrected chi connectivity index (χ4v) is 2.55. The third kappa shape index (κ3) is 3.21. The summed E-state index contributed by atoms with van der Waals surface area (Å²) in [5.74, 6) is 0.505. The molecule has 1 heterocycles. The van der Waals surface area contributed by atoms with Crippen LogP contribution in [0.25, 0.3) is 11.1 Å². The number of amides is 1. The lowest BCUT2D eigenvalue weighted by Crippen LogP contribution is -2.22. The lowest BCUT2D eigenvalue weighted by atomic mass is 10.1. The topological polar surface area (TPSA) is 82.7 Å². The molecule has 0 spiro atoms. The van der Waals surface area contributed by atoms with Gasteiger partial charge in [0.25, 0.3) is 5.91 Å². The number of fused-ring (bicyclic) bond motifs is 1. The first-order valence-electron chi connectivity index (χ1n) is 7.62. The van der Waals surface area contributed by atoms with Gasteiger partial charge in [0.2, 0.25) is 0 Å². The maximum absolute atomic E-state index is 12.3. The summed E-state index contributed by atoms with van der Waals surface area (Å²) in [5.41, 5.74) is 2.31. The van der Waals surface area contributed by atoms with E-state index < -0.39 is 5.76 Å². The Morgan fingerprint density at radius 1 is 1.12 bits per heavy atom. The van der Waals surface area contributed by atoms with Crippen molar-refractivity contribution >= 4 is 17.0 Å². The van der Waals surface area contributed by atoms with Crippen LogP contribution in [0.2, 0.25) is 0 Å². The van der Waals surface area contributed by atoms with E-state index in [1.807, 2.05) is 6.07 Å². The number of hydrogen-bond acceptors (Lipinski definition) is 5. The minimum absolute atomic E-state index is 0.261. The van der Waals surface area contributed by atoms with Crippen molar-refractivity contribution in [3.8, 4) is 11.5 Å². The molecule has 0 fully saturated rings. The van der Waals surface area contributed by atoms with Crippen LogP contribution < -0.4 is 20.5 Å². The summed E-state index contributed by atoms with van der Waals surface area (Å²) in [6.45, 7) is 0.329. The van der Waals surface area contributed by atoms with Crippen LogP contribution in [-0.2, 0) is 13.6 Å². The van der Waals surface area contributed by atoms with Crippen molar-refractivity contribution in [3.63, 3.8) is 0 Å². The average molecular weight is 342 g/mol. The number of nitrogens with zero attached hydrogens (tertiary/aromatic N) is 1. The molecular weight excluding hydrogens is 324 g/mol. The molecule has 1 amide bonds. The molecule has 130 valence electrons. The number of methoxy groups -OCH3 is 2. The van der Waals surface area contributed by atoms with Crippen molar-refractivity contribution < 1.29 is 18.7 Å². The van der Waals surface area contributed by atoms with Crippen LogP contribution in [0.15, 0.2) is 45.6 Å². The summed E-state index contributed by atoms with van der Waals surface area (Å²) < 4.78 is 16.9. The summed E-state index contributed by atoms with van der Waals surface area (Å²) >= 11 is 0. The lowest BCUT2D eigenvalue weighted by Gasteiger charge is -2.10. The molecule has 0 saturated heterocycles. The van der Waals surface area contributed by atoms with Gasteiger partial charge in [-0.15, -0.1) is 0 Å². The zero-order chi connectivity index (χ0) is 18.0. The summed E-state index contributed by atoms with van der Waals surface area (Å²) in [4.78, 5) is 23.9. The summed E-state index contributed by atoms with van der Waals surface area (Å²) in [6.07, 6.45) is 0. The molecule has 0 aliphatic carbocycles. The van der Waals surface area contributed by atoms with Gasteiger partial charge in [-0.2, -0.15) is 0 Å². The molecule has 7 nitrogen and oxygen atoms in total. The lowest BCUT2D eigenvalue weighted by molar-refractivity contribution is 0.0951. The van der Waals surface area contributed by atoms with E-state index in [0.717, 1.165) is 5.56 Å². The quantitative estimate of drug-likeness (QED) is 0.767. The van der Waals surface area contributed by atoms with Gasteiger partial charge < -0.3 is 19.2 Å². The number of hydrogen-bond donors (Lipinski definition) is 1. The molecule has 0 aliphatic heterocycles. The summed E-state index contributed by atoms with van der Waals surface area (Å²) in [5, 5.41) is 2.83. The molecular formula is C18H18N2O5. The van der Waals surface area contributed by atoms with Gasteiger partial charge in [-0.3, -0.25) is 9.36 Å². The first-order valence-corrected chi connectivity index (χ1v) is 7.62. The third-order valence-corrected chi connectivity index (χ3v) is 3.96. The molecule has 0 radical (unpaired) electrons. The van der Waals surface area contributed by atoms with Crippen molar-refractivity contribution in [2.75, 3.05) is 14.2 Å². The molecule has 0 saturated carbocycles. The summed E-state index contributed by atoms with van der Waals surface area (Å²) in [6, 6.07) is 10.3. The largest absolute Gasteiger partial charge is 0.493 e. The van der Waals surface area contributed by atoms with Gasteiger partial charge in [-0.05, 0) is 35.9 Å². The standard InChI is InChI=1S/C18H18N2O5/c1-20-13-6-5-12(9-15(13)25-18(20)22)17(21)19-10-11-4-7-14(23-2)16(8-11)24-3/h4-9H,10H2,1-3H3,(H,19,21). The minimum atomic E-state index is -0.460. The highest BCUT2D eigenvalue weighted by Crippen LogP contribution is 2.27. The second kappa shape index (κ2) is 6.72. The van der Waals surface area contributed by atoms with E-state index in [9.17, 15) is 9.59 Å². The highest BCUT2D eigenvalue weighted by Gasteiger charge is 2.11. The first kappa shape index (κ1) is 16.6. The third-order valence-electron chi connectivity index (χ3n) is 3.96. The first-order chi connectivity index (χ1) is 12.0. The molecule has 0 bridgehead atoms. The highest BCUT2D eigenvalue weighted by molar-refractivity contribution is 5.97. The van der Waals surface area contributed by atoms with Crippen LogP contribution in [0, 0.1) is 0 Å². The van der Waals surface area contributed by atoms with Gasteiger partial charge in [0.05, 0.1) is 19.7 Å². The Bertz CT molecular complexity index is 987. The van der Waals surface area contributed by atoms with Crippen molar-refractivity contribution in [3.05, 3.63) is 58.1 Å². The zero-order valence-electron chi connectivity index (χ0n) is 14.2. The fraction of sp³-hybridized carbons (Fsp3) is 0.222. The van der Waals surface area contributed by atoms with Gasteiger partial charge in [0.1, 0.15) is 0 Å². The van der Waals surface area contributed by atoms with Crippen LogP contribution in [0.4, 0.5) is 0 Å². The smallest absolute Gasteiger partial charge is 0.419 e. The number of carbonyl (C=O) groups excluding carboxylic acids is 1. The molecule has 0 unspecified atom stereocenters. The number of ether oxygens (including phenoxy) is 2. The van der Waals surface area contributed by atoms with Gasteiger partial charge in [-0.25, -0.2) is 4.79 Å². The van der Waals surface area contributed by atoms with E-state index in [1.54, 1.807) is 51.6 Å². The van der Waals surface area contributed by atoms with E-state index in [2.05, 4.69) is 5.32 Å². The Labute approximate surface area is 143 Å². The molecule has 3 aromatic rings. The number of aryl methyl sites for hydroxylation is 1. The number of oxazole rings is 1. The molecule has 0 aliphatic rings. The van der Waals surface area contributed by atoms with Gasteiger partial charge in [-0.1, -0.05) is 6.07 Å². The predicted octanol–water partition coefficient (Wildman–Crippen LogP) is 2.08. The molecule has 1 aromatic heterocycles. The summed E-state index contributed by atoms with van der Waals surface area (Å²) in [7, 11) is 4.74. The van der Waals surface area contributed by atoms with E-state index in [0.29, 0.717) is 34.7 Å². The molecule has 1 N–H and O–H groups in total. The Morgan fingerprint density at radius 2 is 1.88 bits per heavy atom.